The van der Waals surface area contributed by atoms with Gasteiger partial charge in [0.25, 0.3) is 0 Å². The molecule has 4 nitrogen and oxygen atoms in total. The molecule has 4 heteroatoms. The molecule has 0 bridgehead atoms. The fraction of sp³-hybridized carbons (Fsp3) is 0.227. The molecule has 2 aromatic rings. The van der Waals surface area contributed by atoms with Gasteiger partial charge < -0.3 is 13.9 Å². The normalized spacial score (nSPS) is 11.5. The van der Waals surface area contributed by atoms with Gasteiger partial charge in [0.05, 0.1) is 0 Å². The molecule has 0 radical (unpaired) electrons. The van der Waals surface area contributed by atoms with Crippen molar-refractivity contribution in [3.63, 3.8) is 0 Å². The Bertz CT molecular complexity index is 1150. The van der Waals surface area contributed by atoms with Gasteiger partial charge in [0.2, 0.25) is 0 Å². The molecule has 1 aliphatic carbocycles. The van der Waals surface area contributed by atoms with Crippen molar-refractivity contribution in [1.29, 1.82) is 0 Å². The van der Waals surface area contributed by atoms with Gasteiger partial charge in [0, 0.05) is 34.2 Å². The van der Waals surface area contributed by atoms with Crippen molar-refractivity contribution in [2.75, 3.05) is 0 Å². The van der Waals surface area contributed by atoms with Crippen LogP contribution in [0.15, 0.2) is 50.0 Å². The Labute approximate surface area is 151 Å². The van der Waals surface area contributed by atoms with Crippen LogP contribution in [0.3, 0.4) is 0 Å². The highest BCUT2D eigenvalue weighted by Gasteiger charge is 2.22. The van der Waals surface area contributed by atoms with Crippen LogP contribution >= 0.6 is 0 Å². The Morgan fingerprint density at radius 2 is 1.69 bits per heavy atom. The maximum atomic E-state index is 12.3. The summed E-state index contributed by atoms with van der Waals surface area (Å²) in [4.78, 5) is 12.3. The predicted molar refractivity (Wildman–Crippen MR) is 102 cm³/mol. The van der Waals surface area contributed by atoms with E-state index in [2.05, 4.69) is 0 Å². The lowest BCUT2D eigenvalue weighted by Gasteiger charge is -2.15. The van der Waals surface area contributed by atoms with Crippen molar-refractivity contribution in [2.24, 2.45) is 0 Å². The molecule has 0 saturated carbocycles. The Morgan fingerprint density at radius 1 is 0.923 bits per heavy atom. The van der Waals surface area contributed by atoms with Gasteiger partial charge in [-0.25, -0.2) is 0 Å². The summed E-state index contributed by atoms with van der Waals surface area (Å²) in [5, 5.41) is 11.1. The van der Waals surface area contributed by atoms with Crippen molar-refractivity contribution in [3.8, 4) is 28.4 Å². The number of fused-ring (bicyclic) bond motifs is 2. The van der Waals surface area contributed by atoms with Gasteiger partial charge >= 0.3 is 0 Å². The van der Waals surface area contributed by atoms with Gasteiger partial charge in [-0.2, -0.15) is 0 Å². The number of furan rings is 1. The summed E-state index contributed by atoms with van der Waals surface area (Å²) in [5.74, 6) is 2.22. The first-order valence-electron chi connectivity index (χ1n) is 8.84. The Balaban J connectivity index is 2.21. The number of aryl methyl sites for hydroxylation is 3. The lowest BCUT2D eigenvalue weighted by atomic mass is 9.94. The number of rotatable bonds is 3. The molecule has 1 aromatic heterocycles. The standard InChI is InChI=1S/C22H20O4/c1-4-13-8-15-20(10-17(13)23)26-21-11-18(24)14(5-2)9-16(21)22(15)19-7-6-12(3)25-19/h6-11,23H,4-5H2,1-3H3. The highest BCUT2D eigenvalue weighted by atomic mass is 16.3. The SMILES string of the molecule is CCc1cc2c(-c3ccc(C)o3)c3cc(CC)c(=O)cc-3oc2cc1O. The Hall–Kier alpha value is -3.01. The van der Waals surface area contributed by atoms with E-state index in [1.807, 2.05) is 45.0 Å². The maximum absolute atomic E-state index is 12.3. The van der Waals surface area contributed by atoms with E-state index in [0.717, 1.165) is 39.2 Å². The van der Waals surface area contributed by atoms with Crippen LogP contribution in [0.2, 0.25) is 0 Å². The quantitative estimate of drug-likeness (QED) is 0.511. The minimum absolute atomic E-state index is 0.0425. The van der Waals surface area contributed by atoms with E-state index in [1.165, 1.54) is 6.07 Å². The highest BCUT2D eigenvalue weighted by molar-refractivity contribution is 6.01. The van der Waals surface area contributed by atoms with E-state index in [4.69, 9.17) is 8.83 Å². The summed E-state index contributed by atoms with van der Waals surface area (Å²) in [6.45, 7) is 5.86. The summed E-state index contributed by atoms with van der Waals surface area (Å²) < 4.78 is 11.9. The zero-order valence-electron chi connectivity index (χ0n) is 15.1. The molecule has 0 unspecified atom stereocenters. The lowest BCUT2D eigenvalue weighted by Crippen LogP contribution is -2.08. The van der Waals surface area contributed by atoms with Crippen LogP contribution in [0, 0.1) is 6.92 Å². The van der Waals surface area contributed by atoms with Crippen molar-refractivity contribution < 1.29 is 13.9 Å². The number of phenolic OH excluding ortho intramolecular Hbond substituents is 1. The van der Waals surface area contributed by atoms with Crippen molar-refractivity contribution in [1.82, 2.24) is 0 Å². The zero-order valence-corrected chi connectivity index (χ0v) is 15.1. The lowest BCUT2D eigenvalue weighted by molar-refractivity contribution is 0.468. The molecule has 1 aliphatic heterocycles. The molecular weight excluding hydrogens is 328 g/mol. The number of hydrogen-bond acceptors (Lipinski definition) is 4. The second-order valence-electron chi connectivity index (χ2n) is 6.53. The van der Waals surface area contributed by atoms with E-state index >= 15 is 0 Å². The van der Waals surface area contributed by atoms with Crippen LogP contribution < -0.4 is 5.43 Å². The zero-order chi connectivity index (χ0) is 18.4. The molecule has 1 aromatic carbocycles. The van der Waals surface area contributed by atoms with Crippen LogP contribution in [0.4, 0.5) is 0 Å². The average molecular weight is 348 g/mol. The van der Waals surface area contributed by atoms with Crippen LogP contribution in [-0.2, 0) is 12.8 Å². The first kappa shape index (κ1) is 16.5. The fourth-order valence-corrected chi connectivity index (χ4v) is 3.44. The molecule has 0 atom stereocenters. The molecule has 0 amide bonds. The molecule has 132 valence electrons. The molecule has 1 N–H and O–H groups in total. The van der Waals surface area contributed by atoms with E-state index in [1.54, 1.807) is 6.07 Å². The number of aromatic hydroxyl groups is 1. The fourth-order valence-electron chi connectivity index (χ4n) is 3.44. The number of hydrogen-bond donors (Lipinski definition) is 1. The van der Waals surface area contributed by atoms with Gasteiger partial charge in [-0.05, 0) is 49.6 Å². The molecule has 0 saturated heterocycles. The minimum atomic E-state index is -0.0425. The summed E-state index contributed by atoms with van der Waals surface area (Å²) in [5.41, 5.74) is 3.80. The molecule has 4 rings (SSSR count). The summed E-state index contributed by atoms with van der Waals surface area (Å²) in [6.07, 6.45) is 1.36. The van der Waals surface area contributed by atoms with Crippen LogP contribution in [-0.4, -0.2) is 5.11 Å². The molecule has 26 heavy (non-hydrogen) atoms. The first-order chi connectivity index (χ1) is 12.5. The second-order valence-corrected chi connectivity index (χ2v) is 6.53. The van der Waals surface area contributed by atoms with Crippen molar-refractivity contribution in [3.05, 3.63) is 63.5 Å². The van der Waals surface area contributed by atoms with Crippen LogP contribution in [0.25, 0.3) is 33.6 Å². The van der Waals surface area contributed by atoms with Crippen LogP contribution in [0.5, 0.6) is 5.75 Å². The summed E-state index contributed by atoms with van der Waals surface area (Å²) >= 11 is 0. The first-order valence-corrected chi connectivity index (χ1v) is 8.84. The van der Waals surface area contributed by atoms with Gasteiger partial charge in [0.15, 0.2) is 5.43 Å². The monoisotopic (exact) mass is 348 g/mol. The predicted octanol–water partition coefficient (Wildman–Crippen LogP) is 5.30. The largest absolute Gasteiger partial charge is 0.508 e. The van der Waals surface area contributed by atoms with Gasteiger partial charge in [-0.15, -0.1) is 0 Å². The second kappa shape index (κ2) is 6.06. The average Bonchev–Trinajstić information content (AvgIpc) is 3.04. The van der Waals surface area contributed by atoms with E-state index in [9.17, 15) is 9.90 Å². The third kappa shape index (κ3) is 2.49. The third-order valence-electron chi connectivity index (χ3n) is 4.85. The van der Waals surface area contributed by atoms with E-state index < -0.39 is 0 Å². The topological polar surface area (TPSA) is 63.6 Å². The molecular formula is C22H20O4. The van der Waals surface area contributed by atoms with Gasteiger partial charge in [-0.3, -0.25) is 4.79 Å². The van der Waals surface area contributed by atoms with Gasteiger partial charge in [0.1, 0.15) is 28.6 Å². The van der Waals surface area contributed by atoms with E-state index in [-0.39, 0.29) is 11.2 Å². The number of phenols is 1. The highest BCUT2D eigenvalue weighted by Crippen LogP contribution is 2.42. The molecule has 0 spiro atoms. The Kier molecular flexibility index (Phi) is 3.83. The maximum Gasteiger partial charge on any atom is 0.185 e. The Morgan fingerprint density at radius 3 is 2.35 bits per heavy atom. The molecule has 0 fully saturated rings. The van der Waals surface area contributed by atoms with Gasteiger partial charge in [-0.1, -0.05) is 13.8 Å². The smallest absolute Gasteiger partial charge is 0.185 e. The summed E-state index contributed by atoms with van der Waals surface area (Å²) in [7, 11) is 0. The van der Waals surface area contributed by atoms with E-state index in [0.29, 0.717) is 24.2 Å². The molecule has 2 aliphatic rings. The minimum Gasteiger partial charge on any atom is -0.508 e. The third-order valence-corrected chi connectivity index (χ3v) is 4.85. The molecule has 2 heterocycles. The number of benzene rings is 2. The van der Waals surface area contributed by atoms with Crippen LogP contribution in [0.1, 0.15) is 30.7 Å². The summed E-state index contributed by atoms with van der Waals surface area (Å²) in [6, 6.07) is 10.8. The van der Waals surface area contributed by atoms with Crippen molar-refractivity contribution >= 4 is 11.0 Å². The van der Waals surface area contributed by atoms with Crippen molar-refractivity contribution in [2.45, 2.75) is 33.6 Å².